The summed E-state index contributed by atoms with van der Waals surface area (Å²) in [5.41, 5.74) is 3.49. The minimum atomic E-state index is 0.807. The van der Waals surface area contributed by atoms with Gasteiger partial charge in [-0.25, -0.2) is 9.97 Å². The van der Waals surface area contributed by atoms with Crippen LogP contribution in [0.15, 0.2) is 36.7 Å². The Bertz CT molecular complexity index is 432. The van der Waals surface area contributed by atoms with E-state index in [1.807, 2.05) is 25.4 Å². The van der Waals surface area contributed by atoms with Crippen molar-refractivity contribution in [2.75, 3.05) is 0 Å². The molecule has 0 N–H and O–H groups in total. The van der Waals surface area contributed by atoms with E-state index in [-0.39, 0.29) is 0 Å². The van der Waals surface area contributed by atoms with Crippen molar-refractivity contribution in [3.05, 3.63) is 48.0 Å². The van der Waals surface area contributed by atoms with E-state index >= 15 is 0 Å². The van der Waals surface area contributed by atoms with Gasteiger partial charge in [-0.15, -0.1) is 0 Å². The molecule has 0 radical (unpaired) electrons. The molecule has 0 aliphatic heterocycles. The van der Waals surface area contributed by atoms with Crippen molar-refractivity contribution >= 4 is 0 Å². The Balaban J connectivity index is 2.44. The highest BCUT2D eigenvalue weighted by Gasteiger charge is 1.97. The maximum absolute atomic E-state index is 4.17. The molecule has 0 unspecified atom stereocenters. The zero-order chi connectivity index (χ0) is 9.97. The molecule has 0 fully saturated rings. The van der Waals surface area contributed by atoms with E-state index in [1.165, 1.54) is 11.1 Å². The van der Waals surface area contributed by atoms with Crippen LogP contribution in [0.5, 0.6) is 0 Å². The summed E-state index contributed by atoms with van der Waals surface area (Å²) in [6, 6.07) is 8.33. The fraction of sp³-hybridized carbons (Fsp3) is 0.167. The predicted molar refractivity (Wildman–Crippen MR) is 56.9 cm³/mol. The van der Waals surface area contributed by atoms with E-state index in [9.17, 15) is 0 Å². The number of nitrogens with zero attached hydrogens (tertiary/aromatic N) is 2. The van der Waals surface area contributed by atoms with E-state index in [0.717, 1.165) is 11.4 Å². The van der Waals surface area contributed by atoms with Gasteiger partial charge in [0.1, 0.15) is 5.82 Å². The van der Waals surface area contributed by atoms with E-state index in [4.69, 9.17) is 0 Å². The SMILES string of the molecule is Cc1cccc(-c2cnc(C)nc2)c1. The maximum Gasteiger partial charge on any atom is 0.125 e. The molecule has 2 heteroatoms. The largest absolute Gasteiger partial charge is 0.241 e. The summed E-state index contributed by atoms with van der Waals surface area (Å²) in [4.78, 5) is 8.35. The summed E-state index contributed by atoms with van der Waals surface area (Å²) < 4.78 is 0. The normalized spacial score (nSPS) is 10.1. The molecule has 0 spiro atoms. The molecular weight excluding hydrogens is 172 g/mol. The van der Waals surface area contributed by atoms with Gasteiger partial charge in [0.05, 0.1) is 0 Å². The van der Waals surface area contributed by atoms with Gasteiger partial charge in [0.2, 0.25) is 0 Å². The first-order valence-corrected chi connectivity index (χ1v) is 4.61. The highest BCUT2D eigenvalue weighted by atomic mass is 14.8. The molecule has 0 amide bonds. The third-order valence-corrected chi connectivity index (χ3v) is 2.13. The van der Waals surface area contributed by atoms with Crippen molar-refractivity contribution in [3.8, 4) is 11.1 Å². The van der Waals surface area contributed by atoms with Crippen LogP contribution < -0.4 is 0 Å². The Labute approximate surface area is 83.7 Å². The molecule has 1 heterocycles. The third-order valence-electron chi connectivity index (χ3n) is 2.13. The predicted octanol–water partition coefficient (Wildman–Crippen LogP) is 2.76. The Kier molecular flexibility index (Phi) is 2.27. The molecule has 0 saturated carbocycles. The molecule has 70 valence electrons. The van der Waals surface area contributed by atoms with Crippen LogP contribution in [0, 0.1) is 13.8 Å². The van der Waals surface area contributed by atoms with Gasteiger partial charge < -0.3 is 0 Å². The molecule has 0 atom stereocenters. The van der Waals surface area contributed by atoms with Crippen molar-refractivity contribution in [1.82, 2.24) is 9.97 Å². The number of hydrogen-bond donors (Lipinski definition) is 0. The smallest absolute Gasteiger partial charge is 0.125 e. The molecule has 0 bridgehead atoms. The first kappa shape index (κ1) is 8.88. The zero-order valence-corrected chi connectivity index (χ0v) is 8.36. The van der Waals surface area contributed by atoms with Crippen molar-refractivity contribution in [2.45, 2.75) is 13.8 Å². The molecule has 1 aromatic carbocycles. The molecular formula is C12H12N2. The Morgan fingerprint density at radius 2 is 1.64 bits per heavy atom. The van der Waals surface area contributed by atoms with Gasteiger partial charge in [0, 0.05) is 18.0 Å². The van der Waals surface area contributed by atoms with Gasteiger partial charge in [0.25, 0.3) is 0 Å². The van der Waals surface area contributed by atoms with E-state index in [2.05, 4.69) is 35.1 Å². The lowest BCUT2D eigenvalue weighted by Gasteiger charge is -2.01. The van der Waals surface area contributed by atoms with Crippen molar-refractivity contribution in [3.63, 3.8) is 0 Å². The second-order valence-electron chi connectivity index (χ2n) is 3.39. The lowest BCUT2D eigenvalue weighted by Crippen LogP contribution is -1.87. The summed E-state index contributed by atoms with van der Waals surface area (Å²) in [7, 11) is 0. The van der Waals surface area contributed by atoms with Gasteiger partial charge in [-0.05, 0) is 19.4 Å². The zero-order valence-electron chi connectivity index (χ0n) is 8.36. The number of hydrogen-bond acceptors (Lipinski definition) is 2. The van der Waals surface area contributed by atoms with Gasteiger partial charge in [0.15, 0.2) is 0 Å². The molecule has 14 heavy (non-hydrogen) atoms. The lowest BCUT2D eigenvalue weighted by molar-refractivity contribution is 1.06. The maximum atomic E-state index is 4.17. The topological polar surface area (TPSA) is 25.8 Å². The molecule has 0 aliphatic rings. The van der Waals surface area contributed by atoms with Crippen LogP contribution in [-0.2, 0) is 0 Å². The highest BCUT2D eigenvalue weighted by Crippen LogP contribution is 2.18. The third kappa shape index (κ3) is 1.79. The lowest BCUT2D eigenvalue weighted by atomic mass is 10.1. The molecule has 2 rings (SSSR count). The van der Waals surface area contributed by atoms with Crippen LogP contribution in [0.4, 0.5) is 0 Å². The average molecular weight is 184 g/mol. The van der Waals surface area contributed by atoms with Crippen LogP contribution in [0.1, 0.15) is 11.4 Å². The minimum Gasteiger partial charge on any atom is -0.241 e. The number of aromatic nitrogens is 2. The van der Waals surface area contributed by atoms with Gasteiger partial charge in [-0.1, -0.05) is 29.8 Å². The fourth-order valence-electron chi connectivity index (χ4n) is 1.37. The highest BCUT2D eigenvalue weighted by molar-refractivity contribution is 5.62. The molecule has 0 aliphatic carbocycles. The summed E-state index contributed by atoms with van der Waals surface area (Å²) in [6.45, 7) is 3.97. The standard InChI is InChI=1S/C12H12N2/c1-9-4-3-5-11(6-9)12-7-13-10(2)14-8-12/h3-8H,1-2H3. The second kappa shape index (κ2) is 3.58. The van der Waals surface area contributed by atoms with Gasteiger partial charge >= 0.3 is 0 Å². The quantitative estimate of drug-likeness (QED) is 0.681. The minimum absolute atomic E-state index is 0.807. The molecule has 2 aromatic rings. The molecule has 1 aromatic heterocycles. The van der Waals surface area contributed by atoms with E-state index in [1.54, 1.807) is 0 Å². The van der Waals surface area contributed by atoms with E-state index in [0.29, 0.717) is 0 Å². The van der Waals surface area contributed by atoms with Crippen LogP contribution in [-0.4, -0.2) is 9.97 Å². The van der Waals surface area contributed by atoms with E-state index < -0.39 is 0 Å². The van der Waals surface area contributed by atoms with Crippen LogP contribution >= 0.6 is 0 Å². The van der Waals surface area contributed by atoms with Gasteiger partial charge in [-0.3, -0.25) is 0 Å². The number of aryl methyl sites for hydroxylation is 2. The summed E-state index contributed by atoms with van der Waals surface area (Å²) in [5.74, 6) is 0.807. The van der Waals surface area contributed by atoms with Gasteiger partial charge in [-0.2, -0.15) is 0 Å². The molecule has 0 saturated heterocycles. The average Bonchev–Trinajstić information content (AvgIpc) is 2.19. The first-order chi connectivity index (χ1) is 6.75. The second-order valence-corrected chi connectivity index (χ2v) is 3.39. The van der Waals surface area contributed by atoms with Crippen molar-refractivity contribution < 1.29 is 0 Å². The first-order valence-electron chi connectivity index (χ1n) is 4.61. The van der Waals surface area contributed by atoms with Crippen molar-refractivity contribution in [1.29, 1.82) is 0 Å². The Morgan fingerprint density at radius 3 is 2.29 bits per heavy atom. The molecule has 2 nitrogen and oxygen atoms in total. The van der Waals surface area contributed by atoms with Crippen molar-refractivity contribution in [2.24, 2.45) is 0 Å². The fourth-order valence-corrected chi connectivity index (χ4v) is 1.37. The Hall–Kier alpha value is -1.70. The summed E-state index contributed by atoms with van der Waals surface area (Å²) in [5, 5.41) is 0. The summed E-state index contributed by atoms with van der Waals surface area (Å²) in [6.07, 6.45) is 3.72. The van der Waals surface area contributed by atoms with Crippen LogP contribution in [0.25, 0.3) is 11.1 Å². The number of rotatable bonds is 1. The summed E-state index contributed by atoms with van der Waals surface area (Å²) >= 11 is 0. The monoisotopic (exact) mass is 184 g/mol. The Morgan fingerprint density at radius 1 is 0.929 bits per heavy atom. The number of benzene rings is 1. The van der Waals surface area contributed by atoms with Crippen LogP contribution in [0.2, 0.25) is 0 Å². The van der Waals surface area contributed by atoms with Crippen LogP contribution in [0.3, 0.4) is 0 Å².